The van der Waals surface area contributed by atoms with Crippen molar-refractivity contribution in [2.75, 3.05) is 11.6 Å². The number of nitrogens with one attached hydrogen (secondary N) is 1. The summed E-state index contributed by atoms with van der Waals surface area (Å²) >= 11 is 0. The zero-order valence-electron chi connectivity index (χ0n) is 8.15. The lowest BCUT2D eigenvalue weighted by Gasteiger charge is -2.04. The van der Waals surface area contributed by atoms with E-state index in [9.17, 15) is 22.0 Å². The molecule has 0 fully saturated rings. The van der Waals surface area contributed by atoms with Crippen molar-refractivity contribution in [1.82, 2.24) is 4.98 Å². The summed E-state index contributed by atoms with van der Waals surface area (Å²) in [5.74, 6) is -1.46. The van der Waals surface area contributed by atoms with Crippen LogP contribution in [-0.4, -0.2) is 32.0 Å². The van der Waals surface area contributed by atoms with E-state index in [-0.39, 0.29) is 10.7 Å². The van der Waals surface area contributed by atoms with E-state index in [1.807, 2.05) is 5.32 Å². The van der Waals surface area contributed by atoms with E-state index >= 15 is 0 Å². The van der Waals surface area contributed by atoms with Crippen LogP contribution in [0.15, 0.2) is 23.4 Å². The third-order valence-electron chi connectivity index (χ3n) is 1.58. The summed E-state index contributed by atoms with van der Waals surface area (Å²) in [6.45, 7) is 0. The topological polar surface area (TPSA) is 76.1 Å². The minimum atomic E-state index is -3.44. The smallest absolute Gasteiger partial charge is 0.315 e. The van der Waals surface area contributed by atoms with E-state index in [0.717, 1.165) is 18.5 Å². The highest BCUT2D eigenvalue weighted by atomic mass is 32.2. The number of carbonyl (C=O) groups is 1. The predicted octanol–water partition coefficient (Wildman–Crippen LogP) is 0.689. The molecule has 8 heteroatoms. The first kappa shape index (κ1) is 12.5. The minimum Gasteiger partial charge on any atom is -0.320 e. The van der Waals surface area contributed by atoms with Gasteiger partial charge in [0.05, 0.1) is 11.9 Å². The van der Waals surface area contributed by atoms with Gasteiger partial charge < -0.3 is 5.32 Å². The standard InChI is InChI=1S/C8H8F2N2O3S/c1-16(14,15)6-3-2-5(4-11-6)12-8(13)7(9)10/h2-4,7H,1H3,(H,12,13). The lowest BCUT2D eigenvalue weighted by Crippen LogP contribution is -2.20. The van der Waals surface area contributed by atoms with Crippen molar-refractivity contribution < 1.29 is 22.0 Å². The fraction of sp³-hybridized carbons (Fsp3) is 0.250. The highest BCUT2D eigenvalue weighted by Crippen LogP contribution is 2.11. The molecule has 0 spiro atoms. The number of amides is 1. The zero-order valence-corrected chi connectivity index (χ0v) is 8.96. The number of sulfone groups is 1. The Balaban J connectivity index is 2.84. The summed E-state index contributed by atoms with van der Waals surface area (Å²) < 4.78 is 45.7. The Hall–Kier alpha value is -1.57. The maximum Gasteiger partial charge on any atom is 0.315 e. The third-order valence-corrected chi connectivity index (χ3v) is 2.58. The number of nitrogens with zero attached hydrogens (tertiary/aromatic N) is 1. The summed E-state index contributed by atoms with van der Waals surface area (Å²) in [6, 6.07) is 2.31. The predicted molar refractivity (Wildman–Crippen MR) is 52.0 cm³/mol. The Morgan fingerprint density at radius 2 is 2.06 bits per heavy atom. The normalized spacial score (nSPS) is 11.5. The molecule has 0 unspecified atom stereocenters. The highest BCUT2D eigenvalue weighted by Gasteiger charge is 2.15. The highest BCUT2D eigenvalue weighted by molar-refractivity contribution is 7.90. The van der Waals surface area contributed by atoms with E-state index in [4.69, 9.17) is 0 Å². The van der Waals surface area contributed by atoms with E-state index < -0.39 is 22.2 Å². The summed E-state index contributed by atoms with van der Waals surface area (Å²) in [7, 11) is -3.44. The molecule has 0 bridgehead atoms. The van der Waals surface area contributed by atoms with Crippen LogP contribution in [0.4, 0.5) is 14.5 Å². The van der Waals surface area contributed by atoms with Crippen LogP contribution in [-0.2, 0) is 14.6 Å². The van der Waals surface area contributed by atoms with Crippen LogP contribution in [0.3, 0.4) is 0 Å². The van der Waals surface area contributed by atoms with Gasteiger partial charge in [-0.3, -0.25) is 4.79 Å². The van der Waals surface area contributed by atoms with E-state index in [1.54, 1.807) is 0 Å². The molecule has 1 aromatic heterocycles. The quantitative estimate of drug-likeness (QED) is 0.856. The fourth-order valence-corrected chi connectivity index (χ4v) is 1.43. The maximum absolute atomic E-state index is 11.9. The van der Waals surface area contributed by atoms with Gasteiger partial charge in [0.15, 0.2) is 14.9 Å². The van der Waals surface area contributed by atoms with Gasteiger partial charge in [-0.25, -0.2) is 13.4 Å². The monoisotopic (exact) mass is 250 g/mol. The van der Waals surface area contributed by atoms with Crippen LogP contribution in [0, 0.1) is 0 Å². The molecule has 0 saturated carbocycles. The van der Waals surface area contributed by atoms with Crippen molar-refractivity contribution in [3.63, 3.8) is 0 Å². The van der Waals surface area contributed by atoms with Crippen molar-refractivity contribution in [2.24, 2.45) is 0 Å². The van der Waals surface area contributed by atoms with E-state index in [1.165, 1.54) is 6.07 Å². The molecule has 0 atom stereocenters. The average molecular weight is 250 g/mol. The van der Waals surface area contributed by atoms with Crippen molar-refractivity contribution in [3.05, 3.63) is 18.3 Å². The summed E-state index contributed by atoms with van der Waals surface area (Å²) in [5, 5.41) is 1.68. The lowest BCUT2D eigenvalue weighted by atomic mass is 10.4. The Morgan fingerprint density at radius 1 is 1.44 bits per heavy atom. The Labute approximate surface area is 90.4 Å². The van der Waals surface area contributed by atoms with Gasteiger partial charge in [-0.2, -0.15) is 8.78 Å². The Bertz CT molecular complexity index is 485. The molecule has 16 heavy (non-hydrogen) atoms. The van der Waals surface area contributed by atoms with Gasteiger partial charge in [-0.1, -0.05) is 0 Å². The van der Waals surface area contributed by atoms with Crippen LogP contribution >= 0.6 is 0 Å². The number of rotatable bonds is 3. The second-order valence-corrected chi connectivity index (χ2v) is 4.91. The molecule has 0 aliphatic carbocycles. The van der Waals surface area contributed by atoms with Gasteiger partial charge in [-0.15, -0.1) is 0 Å². The van der Waals surface area contributed by atoms with Crippen molar-refractivity contribution in [3.8, 4) is 0 Å². The fourth-order valence-electron chi connectivity index (χ4n) is 0.870. The lowest BCUT2D eigenvalue weighted by molar-refractivity contribution is -0.126. The SMILES string of the molecule is CS(=O)(=O)c1ccc(NC(=O)C(F)F)cn1. The van der Waals surface area contributed by atoms with Crippen LogP contribution in [0.1, 0.15) is 0 Å². The number of halogens is 2. The van der Waals surface area contributed by atoms with Crippen molar-refractivity contribution >= 4 is 21.4 Å². The number of anilines is 1. The zero-order chi connectivity index (χ0) is 12.3. The molecule has 1 aromatic rings. The molecule has 0 aliphatic rings. The van der Waals surface area contributed by atoms with Crippen molar-refractivity contribution in [1.29, 1.82) is 0 Å². The molecule has 1 amide bonds. The largest absolute Gasteiger partial charge is 0.320 e. The molecule has 88 valence electrons. The summed E-state index contributed by atoms with van der Waals surface area (Å²) in [5.41, 5.74) is 0.0118. The third kappa shape index (κ3) is 3.23. The number of hydrogen-bond donors (Lipinski definition) is 1. The number of alkyl halides is 2. The maximum atomic E-state index is 11.9. The van der Waals surface area contributed by atoms with Gasteiger partial charge in [0.25, 0.3) is 5.91 Å². The van der Waals surface area contributed by atoms with Gasteiger partial charge in [-0.05, 0) is 12.1 Å². The summed E-state index contributed by atoms with van der Waals surface area (Å²) in [4.78, 5) is 14.1. The molecule has 1 N–H and O–H groups in total. The summed E-state index contributed by atoms with van der Waals surface area (Å²) in [6.07, 6.45) is -1.17. The van der Waals surface area contributed by atoms with E-state index in [0.29, 0.717) is 0 Å². The van der Waals surface area contributed by atoms with Crippen LogP contribution in [0.5, 0.6) is 0 Å². The molecule has 0 aliphatic heterocycles. The molecular formula is C8H8F2N2O3S. The Kier molecular flexibility index (Phi) is 3.53. The molecule has 5 nitrogen and oxygen atoms in total. The molecule has 0 saturated heterocycles. The first-order valence-electron chi connectivity index (χ1n) is 4.06. The number of aromatic nitrogens is 1. The number of hydrogen-bond acceptors (Lipinski definition) is 4. The molecular weight excluding hydrogens is 242 g/mol. The molecule has 0 radical (unpaired) electrons. The van der Waals surface area contributed by atoms with Gasteiger partial charge in [0, 0.05) is 6.26 Å². The molecule has 1 heterocycles. The first-order valence-corrected chi connectivity index (χ1v) is 5.95. The number of carbonyl (C=O) groups excluding carboxylic acids is 1. The average Bonchev–Trinajstić information content (AvgIpc) is 2.17. The van der Waals surface area contributed by atoms with Gasteiger partial charge >= 0.3 is 6.43 Å². The first-order chi connectivity index (χ1) is 7.30. The molecule has 1 rings (SSSR count). The second-order valence-electron chi connectivity index (χ2n) is 2.95. The van der Waals surface area contributed by atoms with Crippen LogP contribution in [0.2, 0.25) is 0 Å². The van der Waals surface area contributed by atoms with Crippen LogP contribution < -0.4 is 5.32 Å². The van der Waals surface area contributed by atoms with Gasteiger partial charge in [0.1, 0.15) is 0 Å². The minimum absolute atomic E-state index is 0.0118. The van der Waals surface area contributed by atoms with Crippen LogP contribution in [0.25, 0.3) is 0 Å². The van der Waals surface area contributed by atoms with Crippen molar-refractivity contribution in [2.45, 2.75) is 11.5 Å². The molecule has 0 aromatic carbocycles. The Morgan fingerprint density at radius 3 is 2.44 bits per heavy atom. The van der Waals surface area contributed by atoms with E-state index in [2.05, 4.69) is 4.98 Å². The number of pyridine rings is 1. The second kappa shape index (κ2) is 4.52. The van der Waals surface area contributed by atoms with Gasteiger partial charge in [0.2, 0.25) is 0 Å².